The molecule has 2 atom stereocenters. The van der Waals surface area contributed by atoms with Gasteiger partial charge in [0.1, 0.15) is 11.5 Å². The third-order valence-corrected chi connectivity index (χ3v) is 10.1. The lowest BCUT2D eigenvalue weighted by molar-refractivity contribution is 0.0696. The van der Waals surface area contributed by atoms with Crippen LogP contribution in [0.2, 0.25) is 10.0 Å². The van der Waals surface area contributed by atoms with Crippen molar-refractivity contribution in [1.82, 2.24) is 15.5 Å². The Kier molecular flexibility index (Phi) is 5.92. The number of aromatic nitrogens is 2. The van der Waals surface area contributed by atoms with Gasteiger partial charge < -0.3 is 19.8 Å². The van der Waals surface area contributed by atoms with E-state index in [4.69, 9.17) is 32.7 Å². The first-order chi connectivity index (χ1) is 18.4. The van der Waals surface area contributed by atoms with Crippen LogP contribution in [0.15, 0.2) is 34.9 Å². The van der Waals surface area contributed by atoms with Gasteiger partial charge in [-0.05, 0) is 68.9 Å². The zero-order valence-corrected chi connectivity index (χ0v) is 23.0. The predicted octanol–water partition coefficient (Wildman–Crippen LogP) is 7.04. The number of carbonyl (C=O) groups is 1. The Morgan fingerprint density at radius 3 is 2.58 bits per heavy atom. The van der Waals surface area contributed by atoms with Gasteiger partial charge in [-0.2, -0.15) is 0 Å². The van der Waals surface area contributed by atoms with Crippen molar-refractivity contribution in [2.45, 2.75) is 69.6 Å². The van der Waals surface area contributed by atoms with Crippen molar-refractivity contribution in [3.63, 3.8) is 0 Å². The monoisotopic (exact) mass is 568 g/mol. The van der Waals surface area contributed by atoms with E-state index in [0.717, 1.165) is 75.6 Å². The molecule has 2 N–H and O–H groups in total. The maximum atomic E-state index is 11.6. The summed E-state index contributed by atoms with van der Waals surface area (Å²) < 4.78 is 6.79. The number of benzene rings is 2. The van der Waals surface area contributed by atoms with Crippen LogP contribution in [0.5, 0.6) is 0 Å². The molecule has 38 heavy (non-hydrogen) atoms. The molecule has 10 heteroatoms. The number of piperidine rings is 1. The maximum Gasteiger partial charge on any atom is 0.336 e. The van der Waals surface area contributed by atoms with E-state index in [1.54, 1.807) is 17.4 Å². The summed E-state index contributed by atoms with van der Waals surface area (Å²) in [4.78, 5) is 18.9. The largest absolute Gasteiger partial charge is 0.478 e. The molecule has 2 unspecified atom stereocenters. The predicted molar refractivity (Wildman–Crippen MR) is 150 cm³/mol. The van der Waals surface area contributed by atoms with Crippen molar-refractivity contribution in [3.8, 4) is 11.3 Å². The van der Waals surface area contributed by atoms with E-state index < -0.39 is 5.97 Å². The van der Waals surface area contributed by atoms with E-state index >= 15 is 0 Å². The summed E-state index contributed by atoms with van der Waals surface area (Å²) >= 11 is 14.7. The molecule has 0 spiro atoms. The highest BCUT2D eigenvalue weighted by molar-refractivity contribution is 7.22. The third-order valence-electron chi connectivity index (χ3n) is 8.22. The Labute approximate surface area is 233 Å². The molecule has 2 aliphatic carbocycles. The number of nitrogens with one attached hydrogen (secondary N) is 1. The van der Waals surface area contributed by atoms with Crippen molar-refractivity contribution in [2.24, 2.45) is 0 Å². The highest BCUT2D eigenvalue weighted by Gasteiger charge is 2.46. The number of aromatic carboxylic acids is 1. The molecule has 4 heterocycles. The lowest BCUT2D eigenvalue weighted by atomic mass is 9.77. The SMILES string of the molecule is Cc1c(C(=O)O)ccc2nc(N3C4CC(NCc5c(-c6c(Cl)cccc6Cl)noc5C5CC5)CC3C4)sc12. The second-order valence-corrected chi connectivity index (χ2v) is 12.4. The molecule has 0 radical (unpaired) electrons. The second-order valence-electron chi connectivity index (χ2n) is 10.6. The zero-order valence-electron chi connectivity index (χ0n) is 20.7. The first-order valence-corrected chi connectivity index (χ1v) is 14.5. The van der Waals surface area contributed by atoms with Crippen LogP contribution in [0, 0.1) is 6.92 Å². The molecule has 8 rings (SSSR count). The summed E-state index contributed by atoms with van der Waals surface area (Å²) in [6.07, 6.45) is 5.45. The van der Waals surface area contributed by atoms with E-state index in [2.05, 4.69) is 15.4 Å². The number of halogens is 2. The Bertz CT molecular complexity index is 1550. The number of hydrogen-bond acceptors (Lipinski definition) is 7. The molecular formula is C28H26Cl2N4O3S. The lowest BCUT2D eigenvalue weighted by Crippen LogP contribution is -2.64. The van der Waals surface area contributed by atoms with Gasteiger partial charge in [-0.1, -0.05) is 45.8 Å². The van der Waals surface area contributed by atoms with Crippen molar-refractivity contribution in [2.75, 3.05) is 4.90 Å². The molecule has 7 nitrogen and oxygen atoms in total. The Balaban J connectivity index is 1.09. The molecule has 4 fully saturated rings. The van der Waals surface area contributed by atoms with Gasteiger partial charge in [-0.3, -0.25) is 0 Å². The summed E-state index contributed by atoms with van der Waals surface area (Å²) in [5.41, 5.74) is 4.55. The second kappa shape index (κ2) is 9.23. The van der Waals surface area contributed by atoms with E-state index in [1.807, 2.05) is 31.2 Å². The van der Waals surface area contributed by atoms with Gasteiger partial charge in [-0.15, -0.1) is 0 Å². The van der Waals surface area contributed by atoms with Gasteiger partial charge in [0, 0.05) is 41.7 Å². The summed E-state index contributed by atoms with van der Waals surface area (Å²) in [5.74, 6) is 0.483. The molecule has 2 saturated carbocycles. The molecule has 0 amide bonds. The molecule has 2 aromatic carbocycles. The summed E-state index contributed by atoms with van der Waals surface area (Å²) in [7, 11) is 0. The van der Waals surface area contributed by atoms with E-state index in [0.29, 0.717) is 46.2 Å². The van der Waals surface area contributed by atoms with Crippen molar-refractivity contribution in [1.29, 1.82) is 0 Å². The molecule has 2 saturated heterocycles. The number of carboxylic acid groups (broad SMARTS) is 1. The van der Waals surface area contributed by atoms with Gasteiger partial charge in [0.25, 0.3) is 0 Å². The first kappa shape index (κ1) is 24.4. The lowest BCUT2D eigenvalue weighted by Gasteiger charge is -2.55. The minimum atomic E-state index is -0.897. The van der Waals surface area contributed by atoms with Crippen LogP contribution in [-0.4, -0.2) is 39.3 Å². The van der Waals surface area contributed by atoms with Gasteiger partial charge in [0.15, 0.2) is 5.13 Å². The molecule has 4 aliphatic rings. The minimum absolute atomic E-state index is 0.345. The summed E-state index contributed by atoms with van der Waals surface area (Å²) in [5, 5.41) is 19.8. The quantitative estimate of drug-likeness (QED) is 0.247. The number of carboxylic acids is 1. The number of anilines is 1. The van der Waals surface area contributed by atoms with Crippen LogP contribution in [0.25, 0.3) is 21.5 Å². The fourth-order valence-corrected chi connectivity index (χ4v) is 7.92. The van der Waals surface area contributed by atoms with E-state index in [9.17, 15) is 9.90 Å². The average molecular weight is 570 g/mol. The number of nitrogens with zero attached hydrogens (tertiary/aromatic N) is 3. The number of fused-ring (bicyclic) bond motifs is 3. The molecule has 4 aromatic rings. The summed E-state index contributed by atoms with van der Waals surface area (Å²) in [6, 6.07) is 10.2. The number of aryl methyl sites for hydroxylation is 1. The van der Waals surface area contributed by atoms with Crippen molar-refractivity contribution in [3.05, 3.63) is 62.8 Å². The third kappa shape index (κ3) is 4.01. The van der Waals surface area contributed by atoms with Crippen LogP contribution >= 0.6 is 34.5 Å². The molecule has 2 bridgehead atoms. The van der Waals surface area contributed by atoms with Crippen molar-refractivity contribution >= 4 is 55.9 Å². The normalized spacial score (nSPS) is 22.6. The average Bonchev–Trinajstić information content (AvgIpc) is 3.51. The van der Waals surface area contributed by atoms with Crippen LogP contribution in [0.1, 0.15) is 65.3 Å². The Morgan fingerprint density at radius 1 is 1.16 bits per heavy atom. The van der Waals surface area contributed by atoms with Crippen LogP contribution < -0.4 is 10.2 Å². The van der Waals surface area contributed by atoms with E-state index in [-0.39, 0.29) is 0 Å². The van der Waals surface area contributed by atoms with Gasteiger partial charge in [0.05, 0.1) is 25.8 Å². The number of thiazole rings is 1. The Morgan fingerprint density at radius 2 is 1.89 bits per heavy atom. The highest BCUT2D eigenvalue weighted by Crippen LogP contribution is 2.47. The van der Waals surface area contributed by atoms with E-state index in [1.165, 1.54) is 0 Å². The molecule has 2 aliphatic heterocycles. The van der Waals surface area contributed by atoms with Gasteiger partial charge >= 0.3 is 5.97 Å². The van der Waals surface area contributed by atoms with Crippen LogP contribution in [0.4, 0.5) is 5.13 Å². The smallest absolute Gasteiger partial charge is 0.336 e. The molecule has 196 valence electrons. The fraction of sp³-hybridized carbons (Fsp3) is 0.393. The number of hydrogen-bond donors (Lipinski definition) is 2. The topological polar surface area (TPSA) is 91.5 Å². The van der Waals surface area contributed by atoms with Gasteiger partial charge in [0.2, 0.25) is 0 Å². The Hall–Kier alpha value is -2.65. The fourth-order valence-electron chi connectivity index (χ4n) is 6.13. The zero-order chi connectivity index (χ0) is 26.1. The minimum Gasteiger partial charge on any atom is -0.478 e. The van der Waals surface area contributed by atoms with Crippen LogP contribution in [0.3, 0.4) is 0 Å². The standard InChI is InChI=1S/C28H26Cl2N4O3S/c1-13-18(27(35)36)7-8-22-26(13)38-28(32-22)34-16-9-15(10-17(34)11-16)31-12-19-24(33-37-25(19)14-5-6-14)23-20(29)3-2-4-21(23)30/h2-4,7-8,14-17,31H,5-6,9-12H2,1H3,(H,35,36). The summed E-state index contributed by atoms with van der Waals surface area (Å²) in [6.45, 7) is 2.53. The molecule has 2 aromatic heterocycles. The number of rotatable bonds is 7. The molecular weight excluding hydrogens is 543 g/mol. The maximum absolute atomic E-state index is 11.6. The van der Waals surface area contributed by atoms with Crippen molar-refractivity contribution < 1.29 is 14.4 Å². The first-order valence-electron chi connectivity index (χ1n) is 13.0. The highest BCUT2D eigenvalue weighted by atomic mass is 35.5. The van der Waals surface area contributed by atoms with Crippen LogP contribution in [-0.2, 0) is 6.54 Å². The van der Waals surface area contributed by atoms with Gasteiger partial charge in [-0.25, -0.2) is 9.78 Å².